The van der Waals surface area contributed by atoms with E-state index in [1.54, 1.807) is 28.6 Å². The minimum Gasteiger partial charge on any atom is -0.348 e. The van der Waals surface area contributed by atoms with Crippen molar-refractivity contribution in [1.82, 2.24) is 8.87 Å². The summed E-state index contributed by atoms with van der Waals surface area (Å²) in [6, 6.07) is 18.0. The van der Waals surface area contributed by atoms with Crippen LogP contribution in [0, 0.1) is 6.92 Å². The molecule has 2 aromatic carbocycles. The van der Waals surface area contributed by atoms with E-state index in [9.17, 15) is 8.42 Å². The molecule has 26 heavy (non-hydrogen) atoms. The quantitative estimate of drug-likeness (QED) is 0.675. The van der Waals surface area contributed by atoms with Crippen LogP contribution in [-0.2, 0) is 16.6 Å². The highest BCUT2D eigenvalue weighted by atomic mass is 35.5. The SMILES string of the molecule is Cc1ccc([C@H]2c3cccn3CCN2S(=O)(=O)c2ccc(Cl)cc2)cc1. The number of hydrogen-bond acceptors (Lipinski definition) is 2. The molecule has 1 atom stereocenters. The third-order valence-corrected chi connectivity index (χ3v) is 6.94. The number of aryl methyl sites for hydroxylation is 1. The Morgan fingerprint density at radius 3 is 2.35 bits per heavy atom. The first-order valence-corrected chi connectivity index (χ1v) is 10.3. The fourth-order valence-corrected chi connectivity index (χ4v) is 5.15. The summed E-state index contributed by atoms with van der Waals surface area (Å²) in [5.74, 6) is 0. The zero-order chi connectivity index (χ0) is 18.3. The minimum atomic E-state index is -3.65. The lowest BCUT2D eigenvalue weighted by atomic mass is 10.0. The standard InChI is InChI=1S/C20H19ClN2O2S/c1-15-4-6-16(7-5-15)20-19-3-2-12-22(19)13-14-23(20)26(24,25)18-10-8-17(21)9-11-18/h2-12,20H,13-14H2,1H3/t20-/m0/s1. The Hall–Kier alpha value is -2.08. The van der Waals surface area contributed by atoms with Gasteiger partial charge >= 0.3 is 0 Å². The largest absolute Gasteiger partial charge is 0.348 e. The van der Waals surface area contributed by atoms with Crippen molar-refractivity contribution >= 4 is 21.6 Å². The molecule has 1 aliphatic heterocycles. The molecule has 0 fully saturated rings. The van der Waals surface area contributed by atoms with E-state index in [1.807, 2.05) is 49.5 Å². The minimum absolute atomic E-state index is 0.263. The van der Waals surface area contributed by atoms with Gasteiger partial charge in [-0.15, -0.1) is 0 Å². The zero-order valence-electron chi connectivity index (χ0n) is 14.3. The first-order valence-electron chi connectivity index (χ1n) is 8.46. The average molecular weight is 387 g/mol. The molecule has 1 aromatic heterocycles. The summed E-state index contributed by atoms with van der Waals surface area (Å²) in [4.78, 5) is 0.263. The first-order chi connectivity index (χ1) is 12.5. The fraction of sp³-hybridized carbons (Fsp3) is 0.200. The van der Waals surface area contributed by atoms with Gasteiger partial charge in [-0.1, -0.05) is 41.4 Å². The second kappa shape index (κ2) is 6.58. The lowest BCUT2D eigenvalue weighted by Crippen LogP contribution is -2.42. The molecule has 0 spiro atoms. The Bertz CT molecular complexity index is 1020. The lowest BCUT2D eigenvalue weighted by Gasteiger charge is -2.36. The number of hydrogen-bond donors (Lipinski definition) is 0. The molecule has 0 saturated heterocycles. The predicted octanol–water partition coefficient (Wildman–Crippen LogP) is 4.24. The highest BCUT2D eigenvalue weighted by molar-refractivity contribution is 7.89. The van der Waals surface area contributed by atoms with Crippen molar-refractivity contribution in [3.05, 3.63) is 88.7 Å². The van der Waals surface area contributed by atoms with Gasteiger partial charge in [0.2, 0.25) is 10.0 Å². The maximum absolute atomic E-state index is 13.4. The molecule has 2 heterocycles. The highest BCUT2D eigenvalue weighted by Gasteiger charge is 2.37. The van der Waals surface area contributed by atoms with Crippen LogP contribution in [0.25, 0.3) is 0 Å². The molecule has 1 aliphatic rings. The van der Waals surface area contributed by atoms with E-state index in [2.05, 4.69) is 4.57 Å². The molecule has 0 N–H and O–H groups in total. The number of fused-ring (bicyclic) bond motifs is 1. The van der Waals surface area contributed by atoms with Crippen LogP contribution in [0.4, 0.5) is 0 Å². The van der Waals surface area contributed by atoms with Crippen LogP contribution in [0.2, 0.25) is 5.02 Å². The van der Waals surface area contributed by atoms with Crippen molar-refractivity contribution in [1.29, 1.82) is 0 Å². The lowest BCUT2D eigenvalue weighted by molar-refractivity contribution is 0.298. The number of rotatable bonds is 3. The van der Waals surface area contributed by atoms with Crippen LogP contribution < -0.4 is 0 Å². The molecule has 3 aromatic rings. The third kappa shape index (κ3) is 2.96. The first kappa shape index (κ1) is 17.3. The number of benzene rings is 2. The van der Waals surface area contributed by atoms with Gasteiger partial charge < -0.3 is 4.57 Å². The van der Waals surface area contributed by atoms with E-state index in [0.717, 1.165) is 16.8 Å². The van der Waals surface area contributed by atoms with Crippen LogP contribution in [0.3, 0.4) is 0 Å². The molecule has 134 valence electrons. The van der Waals surface area contributed by atoms with Gasteiger partial charge in [0, 0.05) is 30.0 Å². The second-order valence-corrected chi connectivity index (χ2v) is 8.84. The van der Waals surface area contributed by atoms with Crippen molar-refractivity contribution in [3.63, 3.8) is 0 Å². The Balaban J connectivity index is 1.83. The molecule has 0 unspecified atom stereocenters. The molecule has 0 radical (unpaired) electrons. The van der Waals surface area contributed by atoms with E-state index in [0.29, 0.717) is 18.1 Å². The van der Waals surface area contributed by atoms with Crippen molar-refractivity contribution in [2.45, 2.75) is 24.4 Å². The molecule has 0 bridgehead atoms. The molecule has 6 heteroatoms. The fourth-order valence-electron chi connectivity index (χ4n) is 3.45. The summed E-state index contributed by atoms with van der Waals surface area (Å²) >= 11 is 5.93. The Kier molecular flexibility index (Phi) is 4.39. The summed E-state index contributed by atoms with van der Waals surface area (Å²) in [6.45, 7) is 3.08. The molecule has 0 aliphatic carbocycles. The number of halogens is 1. The van der Waals surface area contributed by atoms with Gasteiger partial charge in [0.1, 0.15) is 0 Å². The van der Waals surface area contributed by atoms with Crippen LogP contribution in [0.15, 0.2) is 71.8 Å². The van der Waals surface area contributed by atoms with Crippen molar-refractivity contribution < 1.29 is 8.42 Å². The molecular formula is C20H19ClN2O2S. The van der Waals surface area contributed by atoms with Crippen LogP contribution in [0.5, 0.6) is 0 Å². The van der Waals surface area contributed by atoms with Gasteiger partial charge in [0.25, 0.3) is 0 Å². The Morgan fingerprint density at radius 2 is 1.65 bits per heavy atom. The Labute approximate surface area is 158 Å². The number of nitrogens with zero attached hydrogens (tertiary/aromatic N) is 2. The van der Waals surface area contributed by atoms with Gasteiger partial charge in [0.15, 0.2) is 0 Å². The van der Waals surface area contributed by atoms with Gasteiger partial charge in [0.05, 0.1) is 10.9 Å². The summed E-state index contributed by atoms with van der Waals surface area (Å²) < 4.78 is 30.4. The smallest absolute Gasteiger partial charge is 0.244 e. The van der Waals surface area contributed by atoms with E-state index in [4.69, 9.17) is 11.6 Å². The van der Waals surface area contributed by atoms with E-state index in [1.165, 1.54) is 0 Å². The summed E-state index contributed by atoms with van der Waals surface area (Å²) in [6.07, 6.45) is 2.00. The maximum Gasteiger partial charge on any atom is 0.244 e. The summed E-state index contributed by atoms with van der Waals surface area (Å²) in [5, 5.41) is 0.520. The summed E-state index contributed by atoms with van der Waals surface area (Å²) in [7, 11) is -3.65. The predicted molar refractivity (Wildman–Crippen MR) is 103 cm³/mol. The van der Waals surface area contributed by atoms with Crippen molar-refractivity contribution in [2.24, 2.45) is 0 Å². The van der Waals surface area contributed by atoms with Gasteiger partial charge in [-0.25, -0.2) is 8.42 Å². The van der Waals surface area contributed by atoms with Gasteiger partial charge in [-0.05, 0) is 48.9 Å². The van der Waals surface area contributed by atoms with Crippen LogP contribution in [0.1, 0.15) is 22.9 Å². The maximum atomic E-state index is 13.4. The van der Waals surface area contributed by atoms with E-state index >= 15 is 0 Å². The molecular weight excluding hydrogens is 368 g/mol. The monoisotopic (exact) mass is 386 g/mol. The average Bonchev–Trinajstić information content (AvgIpc) is 3.11. The number of aromatic nitrogens is 1. The van der Waals surface area contributed by atoms with Crippen LogP contribution >= 0.6 is 11.6 Å². The van der Waals surface area contributed by atoms with Gasteiger partial charge in [-0.2, -0.15) is 4.31 Å². The second-order valence-electron chi connectivity index (χ2n) is 6.51. The molecule has 0 amide bonds. The Morgan fingerprint density at radius 1 is 0.962 bits per heavy atom. The molecule has 0 saturated carbocycles. The summed E-state index contributed by atoms with van der Waals surface area (Å²) in [5.41, 5.74) is 3.09. The number of sulfonamides is 1. The zero-order valence-corrected chi connectivity index (χ0v) is 15.9. The molecule has 4 rings (SSSR count). The topological polar surface area (TPSA) is 42.3 Å². The normalized spacial score (nSPS) is 17.8. The highest BCUT2D eigenvalue weighted by Crippen LogP contribution is 2.36. The third-order valence-electron chi connectivity index (χ3n) is 4.81. The van der Waals surface area contributed by atoms with Crippen LogP contribution in [-0.4, -0.2) is 23.8 Å². The molecule has 4 nitrogen and oxygen atoms in total. The van der Waals surface area contributed by atoms with Crippen molar-refractivity contribution in [2.75, 3.05) is 6.54 Å². The van der Waals surface area contributed by atoms with Gasteiger partial charge in [-0.3, -0.25) is 0 Å². The van der Waals surface area contributed by atoms with Crippen molar-refractivity contribution in [3.8, 4) is 0 Å². The van der Waals surface area contributed by atoms with E-state index < -0.39 is 10.0 Å². The van der Waals surface area contributed by atoms with E-state index in [-0.39, 0.29) is 10.9 Å².